The highest BCUT2D eigenvalue weighted by Crippen LogP contribution is 2.40. The molecule has 0 aliphatic heterocycles. The second-order valence-electron chi connectivity index (χ2n) is 6.50. The predicted molar refractivity (Wildman–Crippen MR) is 97.3 cm³/mol. The van der Waals surface area contributed by atoms with Crippen molar-refractivity contribution in [1.82, 2.24) is 15.3 Å². The zero-order valence-corrected chi connectivity index (χ0v) is 15.7. The number of hydrogen-bond donors (Lipinski definition) is 1. The molecule has 0 saturated heterocycles. The Morgan fingerprint density at radius 1 is 1.30 bits per heavy atom. The summed E-state index contributed by atoms with van der Waals surface area (Å²) in [6.07, 6.45) is 3.50. The number of nitrogens with zero attached hydrogens (tertiary/aromatic N) is 2. The largest absolute Gasteiger partial charge is 0.353 e. The highest BCUT2D eigenvalue weighted by Gasteiger charge is 2.22. The van der Waals surface area contributed by atoms with E-state index in [1.807, 2.05) is 13.8 Å². The number of amides is 1. The maximum absolute atomic E-state index is 12.2. The molecule has 1 aliphatic carbocycles. The first-order valence-corrected chi connectivity index (χ1v) is 9.97. The van der Waals surface area contributed by atoms with E-state index >= 15 is 0 Å². The molecule has 0 spiro atoms. The summed E-state index contributed by atoms with van der Waals surface area (Å²) < 4.78 is 0. The quantitative estimate of drug-likeness (QED) is 0.660. The van der Waals surface area contributed by atoms with Crippen molar-refractivity contribution in [2.75, 3.05) is 5.75 Å². The van der Waals surface area contributed by atoms with E-state index in [1.165, 1.54) is 22.2 Å². The van der Waals surface area contributed by atoms with Gasteiger partial charge in [-0.15, -0.1) is 11.3 Å². The first kappa shape index (κ1) is 16.7. The zero-order chi connectivity index (χ0) is 16.6. The third-order valence-electron chi connectivity index (χ3n) is 4.37. The average Bonchev–Trinajstić information content (AvgIpc) is 3.04. The van der Waals surface area contributed by atoms with Gasteiger partial charge in [-0.1, -0.05) is 25.6 Å². The lowest BCUT2D eigenvalue weighted by molar-refractivity contribution is -0.119. The standard InChI is InChI=1S/C17H23N3OS2/c1-9(2)10(3)18-14(21)8-22-16-15-12-6-5-7-13(12)23-17(15)20-11(4)19-16/h9-10H,5-8H2,1-4H3,(H,18,21)/t10-/m1/s1. The van der Waals surface area contributed by atoms with Crippen LogP contribution in [0.15, 0.2) is 5.03 Å². The van der Waals surface area contributed by atoms with Gasteiger partial charge in [-0.05, 0) is 44.6 Å². The summed E-state index contributed by atoms with van der Waals surface area (Å²) in [7, 11) is 0. The van der Waals surface area contributed by atoms with Crippen molar-refractivity contribution in [3.05, 3.63) is 16.3 Å². The molecule has 2 aromatic heterocycles. The van der Waals surface area contributed by atoms with Crippen LogP contribution >= 0.6 is 23.1 Å². The highest BCUT2D eigenvalue weighted by atomic mass is 32.2. The van der Waals surface area contributed by atoms with E-state index in [1.54, 1.807) is 23.1 Å². The number of carbonyl (C=O) groups excluding carboxylic acids is 1. The second kappa shape index (κ2) is 6.77. The van der Waals surface area contributed by atoms with Crippen molar-refractivity contribution in [2.24, 2.45) is 5.92 Å². The fourth-order valence-electron chi connectivity index (χ4n) is 2.76. The number of rotatable bonds is 5. The fourth-order valence-corrected chi connectivity index (χ4v) is 5.05. The van der Waals surface area contributed by atoms with Gasteiger partial charge >= 0.3 is 0 Å². The Kier molecular flexibility index (Phi) is 4.92. The van der Waals surface area contributed by atoms with Crippen molar-refractivity contribution in [3.63, 3.8) is 0 Å². The van der Waals surface area contributed by atoms with Gasteiger partial charge in [-0.2, -0.15) is 0 Å². The van der Waals surface area contributed by atoms with Crippen molar-refractivity contribution in [3.8, 4) is 0 Å². The summed E-state index contributed by atoms with van der Waals surface area (Å²) in [4.78, 5) is 23.9. The van der Waals surface area contributed by atoms with Crippen LogP contribution in [-0.2, 0) is 17.6 Å². The molecule has 3 rings (SSSR count). The summed E-state index contributed by atoms with van der Waals surface area (Å²) in [6, 6.07) is 0.195. The Labute approximate surface area is 145 Å². The van der Waals surface area contributed by atoms with Crippen LogP contribution in [-0.4, -0.2) is 27.7 Å². The molecule has 1 amide bonds. The summed E-state index contributed by atoms with van der Waals surface area (Å²) in [5, 5.41) is 5.23. The maximum atomic E-state index is 12.2. The molecule has 4 nitrogen and oxygen atoms in total. The first-order chi connectivity index (χ1) is 11.0. The van der Waals surface area contributed by atoms with Crippen LogP contribution in [0.1, 0.15) is 43.5 Å². The van der Waals surface area contributed by atoms with Gasteiger partial charge in [0, 0.05) is 16.3 Å². The molecule has 0 saturated carbocycles. The maximum Gasteiger partial charge on any atom is 0.230 e. The number of thiophene rings is 1. The smallest absolute Gasteiger partial charge is 0.230 e. The summed E-state index contributed by atoms with van der Waals surface area (Å²) in [5.74, 6) is 1.72. The molecular weight excluding hydrogens is 326 g/mol. The summed E-state index contributed by atoms with van der Waals surface area (Å²) in [5.41, 5.74) is 1.42. The summed E-state index contributed by atoms with van der Waals surface area (Å²) in [6.45, 7) is 8.20. The van der Waals surface area contributed by atoms with E-state index in [4.69, 9.17) is 0 Å². The molecule has 0 unspecified atom stereocenters. The minimum atomic E-state index is 0.0764. The number of aryl methyl sites for hydroxylation is 3. The molecule has 23 heavy (non-hydrogen) atoms. The molecule has 0 bridgehead atoms. The van der Waals surface area contributed by atoms with Gasteiger partial charge in [-0.3, -0.25) is 4.79 Å². The van der Waals surface area contributed by atoms with Crippen LogP contribution in [0.2, 0.25) is 0 Å². The van der Waals surface area contributed by atoms with Crippen LogP contribution in [0, 0.1) is 12.8 Å². The minimum Gasteiger partial charge on any atom is -0.353 e. The van der Waals surface area contributed by atoms with Crippen LogP contribution in [0.3, 0.4) is 0 Å². The van der Waals surface area contributed by atoms with Crippen molar-refractivity contribution >= 4 is 39.2 Å². The Balaban J connectivity index is 1.79. The molecule has 6 heteroatoms. The van der Waals surface area contributed by atoms with Gasteiger partial charge in [0.1, 0.15) is 15.7 Å². The monoisotopic (exact) mass is 349 g/mol. The molecule has 1 aliphatic rings. The molecule has 2 heterocycles. The average molecular weight is 350 g/mol. The Morgan fingerprint density at radius 2 is 2.09 bits per heavy atom. The SMILES string of the molecule is Cc1nc(SCC(=O)N[C@H](C)C(C)C)c2c3c(sc2n1)CCC3. The van der Waals surface area contributed by atoms with Crippen LogP contribution in [0.4, 0.5) is 0 Å². The number of thioether (sulfide) groups is 1. The van der Waals surface area contributed by atoms with Crippen molar-refractivity contribution < 1.29 is 4.79 Å². The number of fused-ring (bicyclic) bond motifs is 3. The van der Waals surface area contributed by atoms with E-state index in [0.29, 0.717) is 11.7 Å². The Morgan fingerprint density at radius 3 is 2.83 bits per heavy atom. The van der Waals surface area contributed by atoms with E-state index in [9.17, 15) is 4.79 Å². The lowest BCUT2D eigenvalue weighted by Crippen LogP contribution is -2.37. The minimum absolute atomic E-state index is 0.0764. The normalized spacial score (nSPS) is 15.2. The number of nitrogens with one attached hydrogen (secondary N) is 1. The number of carbonyl (C=O) groups is 1. The van der Waals surface area contributed by atoms with Gasteiger partial charge in [0.15, 0.2) is 0 Å². The van der Waals surface area contributed by atoms with Gasteiger partial charge in [0.2, 0.25) is 5.91 Å². The van der Waals surface area contributed by atoms with E-state index < -0.39 is 0 Å². The van der Waals surface area contributed by atoms with Crippen molar-refractivity contribution in [1.29, 1.82) is 0 Å². The molecule has 2 aromatic rings. The Bertz CT molecular complexity index is 739. The van der Waals surface area contributed by atoms with Gasteiger partial charge < -0.3 is 5.32 Å². The first-order valence-electron chi connectivity index (χ1n) is 8.16. The predicted octanol–water partition coefficient (Wildman–Crippen LogP) is 3.74. The lowest BCUT2D eigenvalue weighted by atomic mass is 10.1. The van der Waals surface area contributed by atoms with E-state index in [2.05, 4.69) is 29.1 Å². The van der Waals surface area contributed by atoms with Crippen LogP contribution < -0.4 is 5.32 Å². The third-order valence-corrected chi connectivity index (χ3v) is 6.53. The molecule has 1 atom stereocenters. The number of hydrogen-bond acceptors (Lipinski definition) is 5. The third kappa shape index (κ3) is 3.53. The highest BCUT2D eigenvalue weighted by molar-refractivity contribution is 8.00. The van der Waals surface area contributed by atoms with Gasteiger partial charge in [0.25, 0.3) is 0 Å². The molecule has 124 valence electrons. The van der Waals surface area contributed by atoms with Crippen LogP contribution in [0.25, 0.3) is 10.2 Å². The number of aromatic nitrogens is 2. The lowest BCUT2D eigenvalue weighted by Gasteiger charge is -2.17. The molecule has 0 radical (unpaired) electrons. The topological polar surface area (TPSA) is 54.9 Å². The molecule has 1 N–H and O–H groups in total. The van der Waals surface area contributed by atoms with E-state index in [-0.39, 0.29) is 11.9 Å². The van der Waals surface area contributed by atoms with Gasteiger partial charge in [-0.25, -0.2) is 9.97 Å². The molecule has 0 fully saturated rings. The van der Waals surface area contributed by atoms with Crippen LogP contribution in [0.5, 0.6) is 0 Å². The zero-order valence-electron chi connectivity index (χ0n) is 14.1. The van der Waals surface area contributed by atoms with E-state index in [0.717, 1.165) is 28.5 Å². The molecular formula is C17H23N3OS2. The van der Waals surface area contributed by atoms with Gasteiger partial charge in [0.05, 0.1) is 5.75 Å². The summed E-state index contributed by atoms with van der Waals surface area (Å²) >= 11 is 3.34. The molecule has 0 aromatic carbocycles. The second-order valence-corrected chi connectivity index (χ2v) is 8.55. The fraction of sp³-hybridized carbons (Fsp3) is 0.588. The Hall–Kier alpha value is -1.14. The van der Waals surface area contributed by atoms with Crippen molar-refractivity contribution in [2.45, 2.75) is 58.0 Å².